The summed E-state index contributed by atoms with van der Waals surface area (Å²) in [5, 5.41) is 2.90. The van der Waals surface area contributed by atoms with Gasteiger partial charge in [0.15, 0.2) is 0 Å². The van der Waals surface area contributed by atoms with Gasteiger partial charge in [0.2, 0.25) is 5.91 Å². The minimum Gasteiger partial charge on any atom is -0.324 e. The molecule has 3 nitrogen and oxygen atoms in total. The normalized spacial score (nSPS) is 12.2. The summed E-state index contributed by atoms with van der Waals surface area (Å²) >= 11 is 1.70. The number of rotatable bonds is 6. The summed E-state index contributed by atoms with van der Waals surface area (Å²) in [6.45, 7) is 2.07. The number of amides is 1. The predicted molar refractivity (Wildman–Crippen MR) is 75.4 cm³/mol. The van der Waals surface area contributed by atoms with E-state index < -0.39 is 6.04 Å². The summed E-state index contributed by atoms with van der Waals surface area (Å²) in [7, 11) is 0. The number of para-hydroxylation sites is 1. The molecule has 1 amide bonds. The summed E-state index contributed by atoms with van der Waals surface area (Å²) in [6, 6.07) is 7.40. The maximum Gasteiger partial charge on any atom is 0.241 e. The van der Waals surface area contributed by atoms with Crippen LogP contribution >= 0.6 is 11.8 Å². The molecule has 1 atom stereocenters. The van der Waals surface area contributed by atoms with Crippen LogP contribution in [-0.4, -0.2) is 24.0 Å². The van der Waals surface area contributed by atoms with Gasteiger partial charge in [-0.15, -0.1) is 0 Å². The zero-order valence-electron chi connectivity index (χ0n) is 10.4. The SMILES string of the molecule is CCc1ccccc1NC(=O)[C@H](N)CCSC. The third-order valence-electron chi connectivity index (χ3n) is 2.63. The van der Waals surface area contributed by atoms with Gasteiger partial charge in [0, 0.05) is 5.69 Å². The summed E-state index contributed by atoms with van der Waals surface area (Å²) in [5.41, 5.74) is 7.83. The van der Waals surface area contributed by atoms with Crippen LogP contribution in [0.1, 0.15) is 18.9 Å². The fourth-order valence-corrected chi connectivity index (χ4v) is 2.04. The molecule has 0 aromatic heterocycles. The van der Waals surface area contributed by atoms with Gasteiger partial charge in [0.25, 0.3) is 0 Å². The van der Waals surface area contributed by atoms with Gasteiger partial charge < -0.3 is 11.1 Å². The zero-order valence-corrected chi connectivity index (χ0v) is 11.2. The van der Waals surface area contributed by atoms with E-state index in [0.717, 1.165) is 23.4 Å². The molecule has 17 heavy (non-hydrogen) atoms. The van der Waals surface area contributed by atoms with Crippen LogP contribution in [0.3, 0.4) is 0 Å². The number of benzene rings is 1. The highest BCUT2D eigenvalue weighted by atomic mass is 32.2. The lowest BCUT2D eigenvalue weighted by Gasteiger charge is -2.13. The number of aryl methyl sites for hydroxylation is 1. The standard InChI is InChI=1S/C13H20N2OS/c1-3-10-6-4-5-7-12(10)15-13(16)11(14)8-9-17-2/h4-7,11H,3,8-9,14H2,1-2H3,(H,15,16)/t11-/m1/s1. The van der Waals surface area contributed by atoms with Crippen molar-refractivity contribution in [1.29, 1.82) is 0 Å². The number of thioether (sulfide) groups is 1. The van der Waals surface area contributed by atoms with E-state index in [4.69, 9.17) is 5.73 Å². The molecular formula is C13H20N2OS. The Labute approximate surface area is 107 Å². The summed E-state index contributed by atoms with van der Waals surface area (Å²) in [6.07, 6.45) is 3.62. The monoisotopic (exact) mass is 252 g/mol. The first-order chi connectivity index (χ1) is 8.19. The number of carbonyl (C=O) groups is 1. The molecule has 0 fully saturated rings. The van der Waals surface area contributed by atoms with E-state index in [2.05, 4.69) is 12.2 Å². The molecule has 0 aliphatic rings. The van der Waals surface area contributed by atoms with E-state index in [1.54, 1.807) is 11.8 Å². The van der Waals surface area contributed by atoms with Crippen molar-refractivity contribution in [3.8, 4) is 0 Å². The molecule has 0 saturated heterocycles. The van der Waals surface area contributed by atoms with Crippen molar-refractivity contribution in [2.45, 2.75) is 25.8 Å². The fraction of sp³-hybridized carbons (Fsp3) is 0.462. The van der Waals surface area contributed by atoms with Gasteiger partial charge in [-0.2, -0.15) is 11.8 Å². The van der Waals surface area contributed by atoms with E-state index >= 15 is 0 Å². The minimum absolute atomic E-state index is 0.0973. The fourth-order valence-electron chi connectivity index (χ4n) is 1.55. The Morgan fingerprint density at radius 1 is 1.47 bits per heavy atom. The van der Waals surface area contributed by atoms with Crippen LogP contribution < -0.4 is 11.1 Å². The molecule has 0 unspecified atom stereocenters. The van der Waals surface area contributed by atoms with Crippen LogP contribution in [0.2, 0.25) is 0 Å². The second kappa shape index (κ2) is 7.35. The summed E-state index contributed by atoms with van der Waals surface area (Å²) < 4.78 is 0. The maximum absolute atomic E-state index is 11.8. The first-order valence-corrected chi connectivity index (χ1v) is 7.21. The minimum atomic E-state index is -0.424. The van der Waals surface area contributed by atoms with Gasteiger partial charge in [-0.05, 0) is 36.5 Å². The van der Waals surface area contributed by atoms with Crippen molar-refractivity contribution in [1.82, 2.24) is 0 Å². The quantitative estimate of drug-likeness (QED) is 0.816. The zero-order chi connectivity index (χ0) is 12.7. The topological polar surface area (TPSA) is 55.1 Å². The second-order valence-electron chi connectivity index (χ2n) is 3.89. The lowest BCUT2D eigenvalue weighted by Crippen LogP contribution is -2.36. The highest BCUT2D eigenvalue weighted by Gasteiger charge is 2.13. The largest absolute Gasteiger partial charge is 0.324 e. The van der Waals surface area contributed by atoms with Crippen molar-refractivity contribution in [3.05, 3.63) is 29.8 Å². The predicted octanol–water partition coefficient (Wildman–Crippen LogP) is 2.27. The van der Waals surface area contributed by atoms with Crippen LogP contribution in [0.25, 0.3) is 0 Å². The number of hydrogen-bond acceptors (Lipinski definition) is 3. The Hall–Kier alpha value is -1.000. The molecule has 4 heteroatoms. The third kappa shape index (κ3) is 4.40. The smallest absolute Gasteiger partial charge is 0.241 e. The molecule has 0 saturated carbocycles. The molecule has 0 spiro atoms. The highest BCUT2D eigenvalue weighted by Crippen LogP contribution is 2.15. The molecule has 0 aliphatic heterocycles. The molecular weight excluding hydrogens is 232 g/mol. The average molecular weight is 252 g/mol. The van der Waals surface area contributed by atoms with Crippen LogP contribution in [0.4, 0.5) is 5.69 Å². The van der Waals surface area contributed by atoms with Gasteiger partial charge >= 0.3 is 0 Å². The van der Waals surface area contributed by atoms with Gasteiger partial charge in [0.05, 0.1) is 6.04 Å². The molecule has 0 bridgehead atoms. The first-order valence-electron chi connectivity index (χ1n) is 5.82. The maximum atomic E-state index is 11.8. The van der Waals surface area contributed by atoms with Gasteiger partial charge in [-0.25, -0.2) is 0 Å². The Morgan fingerprint density at radius 3 is 2.82 bits per heavy atom. The van der Waals surface area contributed by atoms with E-state index in [-0.39, 0.29) is 5.91 Å². The number of hydrogen-bond donors (Lipinski definition) is 2. The van der Waals surface area contributed by atoms with Crippen molar-refractivity contribution in [2.75, 3.05) is 17.3 Å². The third-order valence-corrected chi connectivity index (χ3v) is 3.27. The molecule has 1 rings (SSSR count). The van der Waals surface area contributed by atoms with Crippen LogP contribution in [-0.2, 0) is 11.2 Å². The Morgan fingerprint density at radius 2 is 2.18 bits per heavy atom. The second-order valence-corrected chi connectivity index (χ2v) is 4.87. The van der Waals surface area contributed by atoms with E-state index in [1.165, 1.54) is 0 Å². The number of carbonyl (C=O) groups excluding carboxylic acids is 1. The van der Waals surface area contributed by atoms with Crippen molar-refractivity contribution in [3.63, 3.8) is 0 Å². The van der Waals surface area contributed by atoms with Crippen LogP contribution in [0, 0.1) is 0 Å². The van der Waals surface area contributed by atoms with Crippen molar-refractivity contribution in [2.24, 2.45) is 5.73 Å². The van der Waals surface area contributed by atoms with Crippen LogP contribution in [0.5, 0.6) is 0 Å². The molecule has 94 valence electrons. The number of anilines is 1. The first kappa shape index (κ1) is 14.1. The van der Waals surface area contributed by atoms with E-state index in [9.17, 15) is 4.79 Å². The number of nitrogens with one attached hydrogen (secondary N) is 1. The summed E-state index contributed by atoms with van der Waals surface area (Å²) in [4.78, 5) is 11.8. The molecule has 0 radical (unpaired) electrons. The van der Waals surface area contributed by atoms with Crippen molar-refractivity contribution >= 4 is 23.4 Å². The summed E-state index contributed by atoms with van der Waals surface area (Å²) in [5.74, 6) is 0.809. The molecule has 1 aromatic carbocycles. The average Bonchev–Trinajstić information content (AvgIpc) is 2.36. The van der Waals surface area contributed by atoms with Crippen molar-refractivity contribution < 1.29 is 4.79 Å². The van der Waals surface area contributed by atoms with Gasteiger partial charge in [-0.1, -0.05) is 25.1 Å². The highest BCUT2D eigenvalue weighted by molar-refractivity contribution is 7.98. The van der Waals surface area contributed by atoms with Crippen LogP contribution in [0.15, 0.2) is 24.3 Å². The van der Waals surface area contributed by atoms with E-state index in [1.807, 2.05) is 30.5 Å². The molecule has 3 N–H and O–H groups in total. The van der Waals surface area contributed by atoms with Gasteiger partial charge in [0.1, 0.15) is 0 Å². The van der Waals surface area contributed by atoms with Gasteiger partial charge in [-0.3, -0.25) is 4.79 Å². The molecule has 0 heterocycles. The lowest BCUT2D eigenvalue weighted by molar-refractivity contribution is -0.117. The molecule has 1 aromatic rings. The Bertz CT molecular complexity index is 368. The Kier molecular flexibility index (Phi) is 6.08. The molecule has 0 aliphatic carbocycles. The lowest BCUT2D eigenvalue weighted by atomic mass is 10.1. The number of nitrogens with two attached hydrogens (primary N) is 1. The Balaban J connectivity index is 2.61. The van der Waals surface area contributed by atoms with E-state index in [0.29, 0.717) is 6.42 Å².